The molecule has 1 aliphatic rings. The number of halogens is 2. The average molecular weight is 273 g/mol. The van der Waals surface area contributed by atoms with E-state index in [4.69, 9.17) is 22.1 Å². The van der Waals surface area contributed by atoms with Crippen LogP contribution in [0.15, 0.2) is 18.2 Å². The monoisotopic (exact) mass is 272 g/mol. The maximum absolute atomic E-state index is 13.6. The van der Waals surface area contributed by atoms with Crippen molar-refractivity contribution in [1.82, 2.24) is 4.90 Å². The number of morpholine rings is 1. The minimum atomic E-state index is -0.608. The average Bonchev–Trinajstić information content (AvgIpc) is 2.38. The Kier molecular flexibility index (Phi) is 4.16. The minimum absolute atomic E-state index is 0.0863. The lowest BCUT2D eigenvalue weighted by Gasteiger charge is -2.32. The molecule has 1 amide bonds. The number of carbonyl (C=O) groups excluding carboxylic acids is 1. The molecule has 6 heteroatoms. The molecule has 0 unspecified atom stereocenters. The van der Waals surface area contributed by atoms with E-state index in [0.717, 1.165) is 0 Å². The Morgan fingerprint density at radius 1 is 1.61 bits per heavy atom. The van der Waals surface area contributed by atoms with E-state index in [1.54, 1.807) is 0 Å². The Labute approximate surface area is 109 Å². The van der Waals surface area contributed by atoms with Gasteiger partial charge in [0.15, 0.2) is 0 Å². The summed E-state index contributed by atoms with van der Waals surface area (Å²) in [5.74, 6) is -1.02. The summed E-state index contributed by atoms with van der Waals surface area (Å²) in [6, 6.07) is 4.19. The molecule has 1 aromatic carbocycles. The van der Waals surface area contributed by atoms with E-state index in [9.17, 15) is 9.18 Å². The highest BCUT2D eigenvalue weighted by Gasteiger charge is 2.27. The number of nitrogens with two attached hydrogens (primary N) is 1. The number of carbonyl (C=O) groups is 1. The van der Waals surface area contributed by atoms with Crippen LogP contribution in [0.4, 0.5) is 4.39 Å². The van der Waals surface area contributed by atoms with Gasteiger partial charge >= 0.3 is 0 Å². The molecular weight excluding hydrogens is 259 g/mol. The van der Waals surface area contributed by atoms with Gasteiger partial charge in [-0.3, -0.25) is 4.79 Å². The van der Waals surface area contributed by atoms with E-state index in [0.29, 0.717) is 26.2 Å². The van der Waals surface area contributed by atoms with E-state index in [2.05, 4.69) is 0 Å². The second kappa shape index (κ2) is 5.65. The van der Waals surface area contributed by atoms with E-state index >= 15 is 0 Å². The molecule has 1 aliphatic heterocycles. The fourth-order valence-corrected chi connectivity index (χ4v) is 2.15. The van der Waals surface area contributed by atoms with Crippen molar-refractivity contribution in [2.75, 3.05) is 26.2 Å². The first-order valence-corrected chi connectivity index (χ1v) is 6.06. The van der Waals surface area contributed by atoms with E-state index in [1.807, 2.05) is 0 Å². The molecule has 98 valence electrons. The molecule has 2 rings (SSSR count). The van der Waals surface area contributed by atoms with Crippen LogP contribution in [0.3, 0.4) is 0 Å². The van der Waals surface area contributed by atoms with Gasteiger partial charge in [0.05, 0.1) is 23.3 Å². The number of ether oxygens (including phenoxy) is 1. The summed E-state index contributed by atoms with van der Waals surface area (Å²) in [5.41, 5.74) is 5.41. The number of hydrogen-bond acceptors (Lipinski definition) is 3. The standard InChI is InChI=1S/C12H14ClFN2O2/c13-9-2-1-3-10(14)11(9)12(17)16-4-5-18-8(6-15)7-16/h1-3,8H,4-7,15H2/t8-/m0/s1. The van der Waals surface area contributed by atoms with Crippen molar-refractivity contribution in [3.63, 3.8) is 0 Å². The van der Waals surface area contributed by atoms with Crippen molar-refractivity contribution in [1.29, 1.82) is 0 Å². The molecule has 0 radical (unpaired) electrons. The largest absolute Gasteiger partial charge is 0.373 e. The topological polar surface area (TPSA) is 55.6 Å². The normalized spacial score (nSPS) is 19.9. The second-order valence-corrected chi connectivity index (χ2v) is 4.48. The van der Waals surface area contributed by atoms with Gasteiger partial charge in [0.1, 0.15) is 5.82 Å². The summed E-state index contributed by atoms with van der Waals surface area (Å²) in [5, 5.41) is 0.121. The Balaban J connectivity index is 2.20. The van der Waals surface area contributed by atoms with Crippen LogP contribution in [0.2, 0.25) is 5.02 Å². The van der Waals surface area contributed by atoms with Gasteiger partial charge in [0, 0.05) is 19.6 Å². The Morgan fingerprint density at radius 3 is 3.06 bits per heavy atom. The third kappa shape index (κ3) is 2.63. The zero-order valence-electron chi connectivity index (χ0n) is 9.73. The van der Waals surface area contributed by atoms with Gasteiger partial charge in [-0.1, -0.05) is 17.7 Å². The SMILES string of the molecule is NC[C@H]1CN(C(=O)c2c(F)cccc2Cl)CCO1. The lowest BCUT2D eigenvalue weighted by Crippen LogP contribution is -2.48. The van der Waals surface area contributed by atoms with Gasteiger partial charge in [-0.05, 0) is 12.1 Å². The maximum Gasteiger partial charge on any atom is 0.258 e. The predicted octanol–water partition coefficient (Wildman–Crippen LogP) is 1.28. The summed E-state index contributed by atoms with van der Waals surface area (Å²) in [6.07, 6.45) is -0.201. The number of nitrogens with zero attached hydrogens (tertiary/aromatic N) is 1. The molecule has 1 fully saturated rings. The fourth-order valence-electron chi connectivity index (χ4n) is 1.91. The van der Waals surface area contributed by atoms with Crippen LogP contribution in [-0.2, 0) is 4.74 Å². The van der Waals surface area contributed by atoms with Gasteiger partial charge in [-0.2, -0.15) is 0 Å². The van der Waals surface area contributed by atoms with Crippen LogP contribution in [-0.4, -0.2) is 43.2 Å². The quantitative estimate of drug-likeness (QED) is 0.882. The summed E-state index contributed by atoms with van der Waals surface area (Å²) in [4.78, 5) is 13.7. The minimum Gasteiger partial charge on any atom is -0.373 e. The highest BCUT2D eigenvalue weighted by Crippen LogP contribution is 2.21. The molecule has 2 N–H and O–H groups in total. The smallest absolute Gasteiger partial charge is 0.258 e. The first-order valence-electron chi connectivity index (χ1n) is 5.68. The fraction of sp³-hybridized carbons (Fsp3) is 0.417. The number of rotatable bonds is 2. The Bertz CT molecular complexity index is 435. The van der Waals surface area contributed by atoms with Gasteiger partial charge < -0.3 is 15.4 Å². The highest BCUT2D eigenvalue weighted by molar-refractivity contribution is 6.33. The van der Waals surface area contributed by atoms with E-state index < -0.39 is 11.7 Å². The summed E-state index contributed by atoms with van der Waals surface area (Å²) in [7, 11) is 0. The molecule has 0 aromatic heterocycles. The van der Waals surface area contributed by atoms with Crippen LogP contribution in [0.5, 0.6) is 0 Å². The van der Waals surface area contributed by atoms with E-state index in [1.165, 1.54) is 23.1 Å². The number of amides is 1. The van der Waals surface area contributed by atoms with Gasteiger partial charge in [0.25, 0.3) is 5.91 Å². The zero-order valence-corrected chi connectivity index (χ0v) is 10.5. The molecule has 0 aliphatic carbocycles. The van der Waals surface area contributed by atoms with Crippen molar-refractivity contribution < 1.29 is 13.9 Å². The van der Waals surface area contributed by atoms with Crippen molar-refractivity contribution in [3.8, 4) is 0 Å². The summed E-state index contributed by atoms with van der Waals surface area (Å²) >= 11 is 5.87. The highest BCUT2D eigenvalue weighted by atomic mass is 35.5. The third-order valence-corrected chi connectivity index (χ3v) is 3.18. The van der Waals surface area contributed by atoms with Crippen LogP contribution >= 0.6 is 11.6 Å². The lowest BCUT2D eigenvalue weighted by atomic mass is 10.1. The molecular formula is C12H14ClFN2O2. The van der Waals surface area contributed by atoms with Crippen molar-refractivity contribution in [2.45, 2.75) is 6.10 Å². The molecule has 1 atom stereocenters. The maximum atomic E-state index is 13.6. The van der Waals surface area contributed by atoms with Crippen LogP contribution in [0.25, 0.3) is 0 Å². The predicted molar refractivity (Wildman–Crippen MR) is 66.1 cm³/mol. The molecule has 1 aromatic rings. The van der Waals surface area contributed by atoms with Gasteiger partial charge in [-0.15, -0.1) is 0 Å². The van der Waals surface area contributed by atoms with Crippen molar-refractivity contribution in [3.05, 3.63) is 34.6 Å². The summed E-state index contributed by atoms with van der Waals surface area (Å²) < 4.78 is 19.0. The van der Waals surface area contributed by atoms with Crippen LogP contribution in [0.1, 0.15) is 10.4 Å². The molecule has 1 heterocycles. The Hall–Kier alpha value is -1.17. The molecule has 18 heavy (non-hydrogen) atoms. The molecule has 1 saturated heterocycles. The van der Waals surface area contributed by atoms with Crippen molar-refractivity contribution in [2.24, 2.45) is 5.73 Å². The molecule has 4 nitrogen and oxygen atoms in total. The number of hydrogen-bond donors (Lipinski definition) is 1. The third-order valence-electron chi connectivity index (χ3n) is 2.87. The second-order valence-electron chi connectivity index (χ2n) is 4.08. The van der Waals surface area contributed by atoms with Crippen molar-refractivity contribution >= 4 is 17.5 Å². The lowest BCUT2D eigenvalue weighted by molar-refractivity contribution is -0.0169. The zero-order chi connectivity index (χ0) is 13.1. The van der Waals surface area contributed by atoms with Crippen LogP contribution < -0.4 is 5.73 Å². The van der Waals surface area contributed by atoms with Gasteiger partial charge in [0.2, 0.25) is 0 Å². The number of benzene rings is 1. The Morgan fingerprint density at radius 2 is 2.39 bits per heavy atom. The molecule has 0 saturated carbocycles. The first-order chi connectivity index (χ1) is 8.63. The summed E-state index contributed by atoms with van der Waals surface area (Å²) in [6.45, 7) is 1.51. The first kappa shape index (κ1) is 13.3. The van der Waals surface area contributed by atoms with Gasteiger partial charge in [-0.25, -0.2) is 4.39 Å². The van der Waals surface area contributed by atoms with Crippen LogP contribution in [0, 0.1) is 5.82 Å². The molecule has 0 bridgehead atoms. The van der Waals surface area contributed by atoms with E-state index in [-0.39, 0.29) is 16.7 Å². The molecule has 0 spiro atoms.